The van der Waals surface area contributed by atoms with Crippen LogP contribution < -0.4 is 0 Å². The minimum Gasteiger partial charge on any atom is -0.507 e. The number of rotatable bonds is 6. The summed E-state index contributed by atoms with van der Waals surface area (Å²) in [5, 5.41) is 11.7. The number of carbonyl (C=O) groups is 1. The van der Waals surface area contributed by atoms with E-state index in [9.17, 15) is 9.90 Å². The zero-order valence-corrected chi connectivity index (χ0v) is 16.4. The molecule has 0 radical (unpaired) electrons. The highest BCUT2D eigenvalue weighted by atomic mass is 35.5. The molecule has 0 spiro atoms. The molecule has 1 unspecified atom stereocenters. The molecule has 0 amide bonds. The average molecular weight is 394 g/mol. The molecule has 0 saturated carbocycles. The fraction of sp³-hybridized carbons (Fsp3) is 0.300. The fourth-order valence-electron chi connectivity index (χ4n) is 2.54. The minimum atomic E-state index is -0.276. The van der Waals surface area contributed by atoms with Gasteiger partial charge in [0.2, 0.25) is 0 Å². The lowest BCUT2D eigenvalue weighted by Gasteiger charge is -2.15. The third-order valence-corrected chi connectivity index (χ3v) is 4.45. The van der Waals surface area contributed by atoms with Crippen LogP contribution in [0.5, 0.6) is 5.75 Å². The van der Waals surface area contributed by atoms with Gasteiger partial charge in [-0.3, -0.25) is 9.79 Å². The number of ether oxygens (including phenoxy) is 1. The maximum Gasteiger partial charge on any atom is 0.305 e. The molecule has 2 rings (SSSR count). The molecule has 0 heterocycles. The van der Waals surface area contributed by atoms with Gasteiger partial charge >= 0.3 is 5.97 Å². The zero-order valence-electron chi connectivity index (χ0n) is 14.9. The second-order valence-electron chi connectivity index (χ2n) is 6.07. The summed E-state index contributed by atoms with van der Waals surface area (Å²) < 4.78 is 4.68. The third kappa shape index (κ3) is 5.23. The van der Waals surface area contributed by atoms with Gasteiger partial charge in [-0.25, -0.2) is 0 Å². The topological polar surface area (TPSA) is 58.9 Å². The number of halogens is 2. The van der Waals surface area contributed by atoms with Gasteiger partial charge in [-0.05, 0) is 50.1 Å². The first-order chi connectivity index (χ1) is 12.3. The Morgan fingerprint density at radius 1 is 1.19 bits per heavy atom. The van der Waals surface area contributed by atoms with E-state index in [1.165, 1.54) is 7.11 Å². The van der Waals surface area contributed by atoms with E-state index in [1.807, 2.05) is 19.1 Å². The molecule has 0 aliphatic carbocycles. The van der Waals surface area contributed by atoms with E-state index >= 15 is 0 Å². The highest BCUT2D eigenvalue weighted by Gasteiger charge is 2.16. The van der Waals surface area contributed by atoms with Crippen LogP contribution in [0.4, 0.5) is 0 Å². The van der Waals surface area contributed by atoms with E-state index in [0.29, 0.717) is 33.3 Å². The maximum absolute atomic E-state index is 11.4. The molecule has 4 nitrogen and oxygen atoms in total. The Morgan fingerprint density at radius 2 is 1.85 bits per heavy atom. The van der Waals surface area contributed by atoms with Gasteiger partial charge in [-0.1, -0.05) is 35.3 Å². The molecule has 0 aliphatic rings. The molecule has 0 aromatic heterocycles. The summed E-state index contributed by atoms with van der Waals surface area (Å²) in [5.41, 5.74) is 2.61. The normalized spacial score (nSPS) is 12.7. The number of carbonyl (C=O) groups excluding carboxylic acids is 1. The lowest BCUT2D eigenvalue weighted by atomic mass is 9.98. The van der Waals surface area contributed by atoms with Crippen molar-refractivity contribution < 1.29 is 14.6 Å². The molecular formula is C20H21Cl2NO3. The van der Waals surface area contributed by atoms with Gasteiger partial charge in [0.15, 0.2) is 0 Å². The Morgan fingerprint density at radius 3 is 2.46 bits per heavy atom. The largest absolute Gasteiger partial charge is 0.507 e. The van der Waals surface area contributed by atoms with Crippen molar-refractivity contribution in [2.45, 2.75) is 32.7 Å². The third-order valence-electron chi connectivity index (χ3n) is 3.98. The second kappa shape index (κ2) is 9.06. The number of methoxy groups -OCH3 is 1. The quantitative estimate of drug-likeness (QED) is 0.542. The molecule has 0 saturated heterocycles. The van der Waals surface area contributed by atoms with Gasteiger partial charge < -0.3 is 9.84 Å². The standard InChI is InChI=1S/C20H21Cl2NO3/c1-12-10-16(22)11-17(20(12)25)19(14-5-7-15(21)8-6-14)23-13(2)4-9-18(24)26-3/h5-8,10-11,13,25H,4,9H2,1-3H3. The maximum atomic E-state index is 11.4. The summed E-state index contributed by atoms with van der Waals surface area (Å²) in [6, 6.07) is 10.4. The number of phenolic OH excluding ortho intramolecular Hbond substituents is 1. The van der Waals surface area contributed by atoms with Crippen molar-refractivity contribution in [3.8, 4) is 5.75 Å². The molecule has 138 valence electrons. The Hall–Kier alpha value is -2.04. The van der Waals surface area contributed by atoms with Crippen molar-refractivity contribution in [3.63, 3.8) is 0 Å². The Balaban J connectivity index is 2.48. The van der Waals surface area contributed by atoms with E-state index in [1.54, 1.807) is 31.2 Å². The first-order valence-electron chi connectivity index (χ1n) is 8.22. The van der Waals surface area contributed by atoms with Crippen molar-refractivity contribution in [2.75, 3.05) is 7.11 Å². The first-order valence-corrected chi connectivity index (χ1v) is 8.97. The van der Waals surface area contributed by atoms with E-state index in [0.717, 1.165) is 5.56 Å². The number of aryl methyl sites for hydroxylation is 1. The van der Waals surface area contributed by atoms with E-state index in [4.69, 9.17) is 28.2 Å². The van der Waals surface area contributed by atoms with Crippen molar-refractivity contribution in [3.05, 3.63) is 63.1 Å². The monoisotopic (exact) mass is 393 g/mol. The Labute approximate surface area is 163 Å². The van der Waals surface area contributed by atoms with Crippen LogP contribution in [-0.2, 0) is 9.53 Å². The minimum absolute atomic E-state index is 0.128. The van der Waals surface area contributed by atoms with E-state index in [2.05, 4.69) is 4.74 Å². The Kier molecular flexibility index (Phi) is 7.06. The highest BCUT2D eigenvalue weighted by molar-refractivity contribution is 6.32. The van der Waals surface area contributed by atoms with Gasteiger partial charge in [0.05, 0.1) is 12.8 Å². The molecule has 0 aliphatic heterocycles. The molecule has 0 bridgehead atoms. The van der Waals surface area contributed by atoms with Gasteiger partial charge in [-0.15, -0.1) is 0 Å². The van der Waals surface area contributed by atoms with Crippen molar-refractivity contribution in [1.29, 1.82) is 0 Å². The van der Waals surface area contributed by atoms with Crippen molar-refractivity contribution >= 4 is 34.9 Å². The summed E-state index contributed by atoms with van der Waals surface area (Å²) in [4.78, 5) is 16.1. The number of phenols is 1. The number of hydrogen-bond donors (Lipinski definition) is 1. The molecule has 2 aromatic carbocycles. The van der Waals surface area contributed by atoms with Gasteiger partial charge in [0.25, 0.3) is 0 Å². The Bertz CT molecular complexity index is 817. The number of aromatic hydroxyl groups is 1. The van der Waals surface area contributed by atoms with Crippen LogP contribution in [0.15, 0.2) is 41.4 Å². The van der Waals surface area contributed by atoms with Gasteiger partial charge in [0.1, 0.15) is 5.75 Å². The smallest absolute Gasteiger partial charge is 0.305 e. The molecule has 1 atom stereocenters. The van der Waals surface area contributed by atoms with Crippen molar-refractivity contribution in [1.82, 2.24) is 0 Å². The lowest BCUT2D eigenvalue weighted by Crippen LogP contribution is -2.12. The molecule has 0 fully saturated rings. The summed E-state index contributed by atoms with van der Waals surface area (Å²) in [6.45, 7) is 3.69. The zero-order chi connectivity index (χ0) is 19.3. The van der Waals surface area contributed by atoms with Gasteiger partial charge in [0, 0.05) is 33.6 Å². The number of hydrogen-bond acceptors (Lipinski definition) is 4. The number of nitrogens with zero attached hydrogens (tertiary/aromatic N) is 1. The van der Waals surface area contributed by atoms with Crippen molar-refractivity contribution in [2.24, 2.45) is 4.99 Å². The van der Waals surface area contributed by atoms with Crippen LogP contribution >= 0.6 is 23.2 Å². The molecule has 6 heteroatoms. The number of benzene rings is 2. The molecule has 26 heavy (non-hydrogen) atoms. The number of aliphatic imine (C=N–C) groups is 1. The van der Waals surface area contributed by atoms with Crippen LogP contribution in [0.1, 0.15) is 36.5 Å². The highest BCUT2D eigenvalue weighted by Crippen LogP contribution is 2.30. The van der Waals surface area contributed by atoms with Crippen LogP contribution in [0, 0.1) is 6.92 Å². The molecular weight excluding hydrogens is 373 g/mol. The lowest BCUT2D eigenvalue weighted by molar-refractivity contribution is -0.140. The predicted octanol–water partition coefficient (Wildman–Crippen LogP) is 5.19. The summed E-state index contributed by atoms with van der Waals surface area (Å²) in [5.74, 6) is -0.148. The second-order valence-corrected chi connectivity index (χ2v) is 6.94. The predicted molar refractivity (Wildman–Crippen MR) is 106 cm³/mol. The molecule has 1 N–H and O–H groups in total. The first kappa shape index (κ1) is 20.3. The average Bonchev–Trinajstić information content (AvgIpc) is 2.61. The fourth-order valence-corrected chi connectivity index (χ4v) is 2.94. The number of esters is 1. The van der Waals surface area contributed by atoms with Gasteiger partial charge in [-0.2, -0.15) is 0 Å². The SMILES string of the molecule is COC(=O)CCC(C)N=C(c1ccc(Cl)cc1)c1cc(Cl)cc(C)c1O. The van der Waals surface area contributed by atoms with Crippen LogP contribution in [0.3, 0.4) is 0 Å². The molecule has 2 aromatic rings. The van der Waals surface area contributed by atoms with Crippen LogP contribution in [0.2, 0.25) is 10.0 Å². The summed E-state index contributed by atoms with van der Waals surface area (Å²) in [7, 11) is 1.36. The summed E-state index contributed by atoms with van der Waals surface area (Å²) in [6.07, 6.45) is 0.805. The van der Waals surface area contributed by atoms with E-state index < -0.39 is 0 Å². The summed E-state index contributed by atoms with van der Waals surface area (Å²) >= 11 is 12.2. The van der Waals surface area contributed by atoms with Crippen LogP contribution in [-0.4, -0.2) is 29.9 Å². The van der Waals surface area contributed by atoms with E-state index in [-0.39, 0.29) is 24.2 Å². The van der Waals surface area contributed by atoms with Crippen LogP contribution in [0.25, 0.3) is 0 Å².